The Kier molecular flexibility index (Phi) is 14.6. The fourth-order valence-electron chi connectivity index (χ4n) is 4.57. The van der Waals surface area contributed by atoms with Crippen LogP contribution in [0.4, 0.5) is 0 Å². The smallest absolute Gasteiger partial charge is 0.508 e. The summed E-state index contributed by atoms with van der Waals surface area (Å²) < 4.78 is 24.8. The third-order valence-corrected chi connectivity index (χ3v) is 9.75. The number of aromatic hydroxyl groups is 4. The second-order valence-corrected chi connectivity index (χ2v) is 13.7. The minimum absolute atomic E-state index is 0. The molecule has 0 amide bonds. The number of aliphatic hydroxyl groups excluding tert-OH is 4. The fraction of sp³-hybridized carbons (Fsp3) is 0.500. The van der Waals surface area contributed by atoms with Gasteiger partial charge in [0.2, 0.25) is 0 Å². The van der Waals surface area contributed by atoms with Crippen molar-refractivity contribution in [2.45, 2.75) is 63.8 Å². The molecule has 43 heavy (non-hydrogen) atoms. The SMILES string of the molecule is CC(N(Cc1cc(O)c(CO)cc1O)C(CO)C(CO)N(Cc1cc(CO)c(O)cc1O)C(C)P(=O)(O)O)P(=O)(O)O.[Fe+2]. The maximum atomic E-state index is 12.4. The number of phenolic OH excluding ortho intramolecular Hbond substituents is 2. The zero-order valence-electron chi connectivity index (χ0n) is 23.2. The summed E-state index contributed by atoms with van der Waals surface area (Å²) in [6.07, 6.45) is 0. The first-order chi connectivity index (χ1) is 19.4. The molecular weight excluding hydrogens is 658 g/mol. The molecular formula is C24H38FeN2O14P2+2. The Morgan fingerprint density at radius 1 is 0.581 bits per heavy atom. The molecule has 2 aromatic rings. The normalized spacial score (nSPS) is 15.3. The van der Waals surface area contributed by atoms with Crippen LogP contribution >= 0.6 is 15.2 Å². The van der Waals surface area contributed by atoms with Gasteiger partial charge in [0, 0.05) is 41.4 Å². The number of rotatable bonds is 15. The van der Waals surface area contributed by atoms with Gasteiger partial charge in [-0.15, -0.1) is 0 Å². The second-order valence-electron chi connectivity index (χ2n) is 9.82. The Morgan fingerprint density at radius 3 is 1.26 bits per heavy atom. The Morgan fingerprint density at radius 2 is 0.884 bits per heavy atom. The third kappa shape index (κ3) is 9.60. The maximum absolute atomic E-state index is 12.4. The third-order valence-electron chi connectivity index (χ3n) is 7.21. The first kappa shape index (κ1) is 39.2. The van der Waals surface area contributed by atoms with Crippen molar-refractivity contribution in [1.29, 1.82) is 0 Å². The largest absolute Gasteiger partial charge is 2.00 e. The molecule has 16 nitrogen and oxygen atoms in total. The first-order valence-corrected chi connectivity index (χ1v) is 15.9. The van der Waals surface area contributed by atoms with E-state index >= 15 is 0 Å². The molecule has 0 saturated heterocycles. The molecule has 0 heterocycles. The average molecular weight is 696 g/mol. The molecule has 0 aliphatic rings. The molecule has 2 rings (SSSR count). The topological polar surface area (TPSA) is 283 Å². The summed E-state index contributed by atoms with van der Waals surface area (Å²) in [5.74, 6) is -5.34. The Labute approximate surface area is 257 Å². The molecule has 244 valence electrons. The molecule has 4 unspecified atom stereocenters. The van der Waals surface area contributed by atoms with E-state index in [0.29, 0.717) is 0 Å². The van der Waals surface area contributed by atoms with Crippen LogP contribution < -0.4 is 0 Å². The van der Waals surface area contributed by atoms with E-state index in [4.69, 9.17) is 0 Å². The average Bonchev–Trinajstić information content (AvgIpc) is 2.90. The molecule has 2 aromatic carbocycles. The van der Waals surface area contributed by atoms with Gasteiger partial charge in [0.1, 0.15) is 34.6 Å². The van der Waals surface area contributed by atoms with Crippen LogP contribution in [0.5, 0.6) is 23.0 Å². The van der Waals surface area contributed by atoms with Crippen LogP contribution in [0.2, 0.25) is 0 Å². The fourth-order valence-corrected chi connectivity index (χ4v) is 5.85. The van der Waals surface area contributed by atoms with E-state index in [-0.39, 0.29) is 39.3 Å². The second kappa shape index (κ2) is 16.0. The monoisotopic (exact) mass is 696 g/mol. The minimum Gasteiger partial charge on any atom is -0.508 e. The Hall–Kier alpha value is -1.78. The molecule has 0 radical (unpaired) electrons. The summed E-state index contributed by atoms with van der Waals surface area (Å²) >= 11 is 0. The van der Waals surface area contributed by atoms with Gasteiger partial charge in [-0.1, -0.05) is 0 Å². The van der Waals surface area contributed by atoms with E-state index in [1.165, 1.54) is 0 Å². The van der Waals surface area contributed by atoms with Crippen LogP contribution in [0.3, 0.4) is 0 Å². The van der Waals surface area contributed by atoms with Crippen molar-refractivity contribution in [2.75, 3.05) is 13.2 Å². The number of phenols is 4. The van der Waals surface area contributed by atoms with Gasteiger partial charge in [0.25, 0.3) is 0 Å². The number of nitrogens with zero attached hydrogens (tertiary/aromatic N) is 2. The maximum Gasteiger partial charge on any atom is 2.00 e. The zero-order valence-corrected chi connectivity index (χ0v) is 26.1. The van der Waals surface area contributed by atoms with E-state index in [1.807, 2.05) is 0 Å². The molecule has 0 aliphatic heterocycles. The van der Waals surface area contributed by atoms with Crippen molar-refractivity contribution in [3.8, 4) is 23.0 Å². The van der Waals surface area contributed by atoms with Gasteiger partial charge in [-0.25, -0.2) is 0 Å². The van der Waals surface area contributed by atoms with E-state index in [1.54, 1.807) is 0 Å². The molecule has 0 fully saturated rings. The summed E-state index contributed by atoms with van der Waals surface area (Å²) in [7, 11) is -10.0. The summed E-state index contributed by atoms with van der Waals surface area (Å²) in [5, 5.41) is 80.9. The zero-order chi connectivity index (χ0) is 32.2. The standard InChI is InChI=1S/C24H38N2O14P2.Fe/c1-13(41(35,36)37)25(7-15-3-17(9-27)24(34)6-23(15)33)19(11-29)20(12-30)26(14(2)42(38,39)40)8-16-4-22(32)18(10-28)5-21(16)31;/h3-6,13-14,19-20,27-34H,7-12H2,1-2H3,(H2,35,36,37)(H2,38,39,40);/q;+2. The van der Waals surface area contributed by atoms with Gasteiger partial charge in [-0.3, -0.25) is 18.9 Å². The van der Waals surface area contributed by atoms with Crippen molar-refractivity contribution in [1.82, 2.24) is 9.80 Å². The van der Waals surface area contributed by atoms with Crippen molar-refractivity contribution in [3.63, 3.8) is 0 Å². The molecule has 0 aromatic heterocycles. The molecule has 4 atom stereocenters. The van der Waals surface area contributed by atoms with Gasteiger partial charge in [-0.2, -0.15) is 0 Å². The summed E-state index contributed by atoms with van der Waals surface area (Å²) in [4.78, 5) is 42.1. The number of benzene rings is 2. The molecule has 0 bridgehead atoms. The molecule has 0 saturated carbocycles. The van der Waals surface area contributed by atoms with Crippen LogP contribution in [0, 0.1) is 0 Å². The van der Waals surface area contributed by atoms with Crippen LogP contribution in [-0.2, 0) is 52.5 Å². The van der Waals surface area contributed by atoms with E-state index < -0.39 is 101 Å². The van der Waals surface area contributed by atoms with Gasteiger partial charge in [0.05, 0.1) is 38.5 Å². The van der Waals surface area contributed by atoms with Crippen LogP contribution in [0.25, 0.3) is 0 Å². The molecule has 12 N–H and O–H groups in total. The summed E-state index contributed by atoms with van der Waals surface area (Å²) in [5.41, 5.74) is -0.234. The van der Waals surface area contributed by atoms with Crippen molar-refractivity contribution >= 4 is 15.2 Å². The van der Waals surface area contributed by atoms with Crippen LogP contribution in [0.15, 0.2) is 24.3 Å². The van der Waals surface area contributed by atoms with Crippen molar-refractivity contribution in [2.24, 2.45) is 0 Å². The Balaban J connectivity index is 0.00000924. The predicted molar refractivity (Wildman–Crippen MR) is 147 cm³/mol. The minimum atomic E-state index is -5.01. The Bertz CT molecular complexity index is 1320. The molecule has 0 aliphatic carbocycles. The summed E-state index contributed by atoms with van der Waals surface area (Å²) in [6.45, 7) is -2.08. The quantitative estimate of drug-likeness (QED) is 0.0639. The molecule has 19 heteroatoms. The van der Waals surface area contributed by atoms with E-state index in [9.17, 15) is 69.6 Å². The number of hydrogen-bond acceptors (Lipinski definition) is 12. The van der Waals surface area contributed by atoms with Crippen LogP contribution in [0.1, 0.15) is 36.1 Å². The van der Waals surface area contributed by atoms with Gasteiger partial charge >= 0.3 is 32.3 Å². The number of aliphatic hydroxyl groups is 4. The van der Waals surface area contributed by atoms with E-state index in [0.717, 1.165) is 47.9 Å². The van der Waals surface area contributed by atoms with Gasteiger partial charge in [0.15, 0.2) is 0 Å². The number of hydrogen-bond donors (Lipinski definition) is 12. The first-order valence-electron chi connectivity index (χ1n) is 12.5. The predicted octanol–water partition coefficient (Wildman–Crippen LogP) is -0.436. The molecule has 0 spiro atoms. The van der Waals surface area contributed by atoms with Crippen LogP contribution in [-0.4, -0.2) is 107 Å². The van der Waals surface area contributed by atoms with Gasteiger partial charge in [-0.05, 0) is 32.0 Å². The van der Waals surface area contributed by atoms with Crippen molar-refractivity contribution in [3.05, 3.63) is 46.5 Å². The van der Waals surface area contributed by atoms with E-state index in [2.05, 4.69) is 0 Å². The van der Waals surface area contributed by atoms with Crippen molar-refractivity contribution < 1.29 is 86.6 Å². The summed E-state index contributed by atoms with van der Waals surface area (Å²) in [6, 6.07) is 1.12. The van der Waals surface area contributed by atoms with Gasteiger partial charge < -0.3 is 60.4 Å².